The van der Waals surface area contributed by atoms with Crippen molar-refractivity contribution in [2.75, 3.05) is 13.7 Å². The van der Waals surface area contributed by atoms with Crippen LogP contribution in [0.1, 0.15) is 15.9 Å². The van der Waals surface area contributed by atoms with Gasteiger partial charge in [0.15, 0.2) is 5.78 Å². The number of hydrogen-bond donors (Lipinski definition) is 2. The molecule has 1 aromatic carbocycles. The summed E-state index contributed by atoms with van der Waals surface area (Å²) in [5.41, 5.74) is 6.02. The molecule has 14 heavy (non-hydrogen) atoms. The lowest BCUT2D eigenvalue weighted by Crippen LogP contribution is -2.15. The van der Waals surface area contributed by atoms with Crippen molar-refractivity contribution in [3.63, 3.8) is 0 Å². The molecule has 4 nitrogen and oxygen atoms in total. The average molecular weight is 195 g/mol. The Morgan fingerprint density at radius 3 is 2.71 bits per heavy atom. The second-order valence-electron chi connectivity index (χ2n) is 2.94. The standard InChI is InChI=1S/C10H13NO3/c1-6-3-4-8(14-2)9(10(6)13)7(12)5-11/h3-4,13H,5,11H2,1-2H3. The summed E-state index contributed by atoms with van der Waals surface area (Å²) in [6, 6.07) is 3.32. The van der Waals surface area contributed by atoms with Crippen LogP contribution in [0.25, 0.3) is 0 Å². The van der Waals surface area contributed by atoms with Gasteiger partial charge in [0.1, 0.15) is 17.1 Å². The molecule has 0 amide bonds. The molecule has 1 rings (SSSR count). The highest BCUT2D eigenvalue weighted by Crippen LogP contribution is 2.30. The number of phenolic OH excluding ortho intramolecular Hbond substituents is 1. The number of benzene rings is 1. The van der Waals surface area contributed by atoms with E-state index in [1.807, 2.05) is 0 Å². The molecule has 0 saturated carbocycles. The number of ether oxygens (including phenoxy) is 1. The Balaban J connectivity index is 3.35. The number of methoxy groups -OCH3 is 1. The third kappa shape index (κ3) is 1.70. The molecule has 0 aliphatic heterocycles. The van der Waals surface area contributed by atoms with Crippen LogP contribution < -0.4 is 10.5 Å². The molecule has 4 heteroatoms. The lowest BCUT2D eigenvalue weighted by atomic mass is 10.0. The molecule has 1 aromatic rings. The molecular formula is C10H13NO3. The Morgan fingerprint density at radius 2 is 2.21 bits per heavy atom. The summed E-state index contributed by atoms with van der Waals surface area (Å²) in [7, 11) is 1.44. The number of Topliss-reactive ketones (excluding diaryl/α,β-unsaturated/α-hetero) is 1. The maximum absolute atomic E-state index is 11.4. The van der Waals surface area contributed by atoms with E-state index in [1.165, 1.54) is 7.11 Å². The van der Waals surface area contributed by atoms with Crippen LogP contribution in [0.3, 0.4) is 0 Å². The number of phenols is 1. The maximum atomic E-state index is 11.4. The van der Waals surface area contributed by atoms with Gasteiger partial charge in [-0.05, 0) is 18.6 Å². The monoisotopic (exact) mass is 195 g/mol. The molecule has 0 radical (unpaired) electrons. The minimum atomic E-state index is -0.331. The first-order chi connectivity index (χ1) is 6.61. The van der Waals surface area contributed by atoms with Gasteiger partial charge in [0, 0.05) is 0 Å². The molecule has 0 aliphatic rings. The first-order valence-electron chi connectivity index (χ1n) is 4.21. The predicted molar refractivity (Wildman–Crippen MR) is 52.8 cm³/mol. The number of aryl methyl sites for hydroxylation is 1. The normalized spacial score (nSPS) is 9.93. The van der Waals surface area contributed by atoms with Crippen molar-refractivity contribution in [2.45, 2.75) is 6.92 Å². The molecule has 0 atom stereocenters. The van der Waals surface area contributed by atoms with Crippen LogP contribution in [0.5, 0.6) is 11.5 Å². The van der Waals surface area contributed by atoms with E-state index >= 15 is 0 Å². The van der Waals surface area contributed by atoms with Crippen LogP contribution in [-0.4, -0.2) is 24.5 Å². The van der Waals surface area contributed by atoms with E-state index in [9.17, 15) is 9.90 Å². The smallest absolute Gasteiger partial charge is 0.183 e. The highest BCUT2D eigenvalue weighted by atomic mass is 16.5. The van der Waals surface area contributed by atoms with Gasteiger partial charge in [0.05, 0.1) is 13.7 Å². The largest absolute Gasteiger partial charge is 0.507 e. The SMILES string of the molecule is COc1ccc(C)c(O)c1C(=O)CN. The van der Waals surface area contributed by atoms with E-state index in [2.05, 4.69) is 0 Å². The zero-order valence-corrected chi connectivity index (χ0v) is 8.20. The molecule has 0 unspecified atom stereocenters. The summed E-state index contributed by atoms with van der Waals surface area (Å²) in [6.45, 7) is 1.56. The first-order valence-corrected chi connectivity index (χ1v) is 4.21. The second-order valence-corrected chi connectivity index (χ2v) is 2.94. The lowest BCUT2D eigenvalue weighted by Gasteiger charge is -2.10. The molecule has 0 aliphatic carbocycles. The minimum absolute atomic E-state index is 0.0557. The van der Waals surface area contributed by atoms with E-state index in [0.717, 1.165) is 0 Å². The minimum Gasteiger partial charge on any atom is -0.507 e. The van der Waals surface area contributed by atoms with Crippen molar-refractivity contribution in [1.29, 1.82) is 0 Å². The molecule has 0 saturated heterocycles. The molecule has 0 aromatic heterocycles. The molecule has 0 bridgehead atoms. The molecule has 0 spiro atoms. The molecule has 0 heterocycles. The fourth-order valence-electron chi connectivity index (χ4n) is 1.22. The third-order valence-corrected chi connectivity index (χ3v) is 2.03. The molecular weight excluding hydrogens is 182 g/mol. The summed E-state index contributed by atoms with van der Waals surface area (Å²) < 4.78 is 4.97. The number of ketones is 1. The van der Waals surface area contributed by atoms with Gasteiger partial charge in [-0.2, -0.15) is 0 Å². The highest BCUT2D eigenvalue weighted by Gasteiger charge is 2.17. The summed E-state index contributed by atoms with van der Waals surface area (Å²) in [5, 5.41) is 9.65. The number of carbonyl (C=O) groups is 1. The lowest BCUT2D eigenvalue weighted by molar-refractivity contribution is 0.0995. The summed E-state index contributed by atoms with van der Waals surface area (Å²) >= 11 is 0. The number of aromatic hydroxyl groups is 1. The number of carbonyl (C=O) groups excluding carboxylic acids is 1. The van der Waals surface area contributed by atoms with Gasteiger partial charge in [-0.25, -0.2) is 0 Å². The average Bonchev–Trinajstić information content (AvgIpc) is 2.20. The van der Waals surface area contributed by atoms with E-state index in [-0.39, 0.29) is 23.6 Å². The Morgan fingerprint density at radius 1 is 1.57 bits per heavy atom. The van der Waals surface area contributed by atoms with Crippen molar-refractivity contribution in [3.8, 4) is 11.5 Å². The molecule has 3 N–H and O–H groups in total. The Hall–Kier alpha value is -1.55. The maximum Gasteiger partial charge on any atom is 0.183 e. The first kappa shape index (κ1) is 10.5. The van der Waals surface area contributed by atoms with Gasteiger partial charge >= 0.3 is 0 Å². The summed E-state index contributed by atoms with van der Waals surface area (Å²) in [4.78, 5) is 11.4. The fraction of sp³-hybridized carbons (Fsp3) is 0.300. The Bertz CT molecular complexity index is 361. The van der Waals surface area contributed by atoms with Crippen molar-refractivity contribution in [3.05, 3.63) is 23.3 Å². The van der Waals surface area contributed by atoms with Crippen LogP contribution in [0, 0.1) is 6.92 Å². The van der Waals surface area contributed by atoms with E-state index in [4.69, 9.17) is 10.5 Å². The van der Waals surface area contributed by atoms with E-state index in [0.29, 0.717) is 11.3 Å². The van der Waals surface area contributed by atoms with Crippen LogP contribution in [0.2, 0.25) is 0 Å². The van der Waals surface area contributed by atoms with Crippen molar-refractivity contribution < 1.29 is 14.6 Å². The number of hydrogen-bond acceptors (Lipinski definition) is 4. The van der Waals surface area contributed by atoms with Gasteiger partial charge in [-0.1, -0.05) is 6.07 Å². The van der Waals surface area contributed by atoms with Crippen LogP contribution in [-0.2, 0) is 0 Å². The van der Waals surface area contributed by atoms with Gasteiger partial charge in [0.25, 0.3) is 0 Å². The van der Waals surface area contributed by atoms with Gasteiger partial charge in [-0.15, -0.1) is 0 Å². The van der Waals surface area contributed by atoms with Gasteiger partial charge in [0.2, 0.25) is 0 Å². The fourth-order valence-corrected chi connectivity index (χ4v) is 1.22. The Labute approximate surface area is 82.3 Å². The van der Waals surface area contributed by atoms with Crippen molar-refractivity contribution >= 4 is 5.78 Å². The van der Waals surface area contributed by atoms with Crippen LogP contribution in [0.15, 0.2) is 12.1 Å². The zero-order chi connectivity index (χ0) is 10.7. The van der Waals surface area contributed by atoms with Crippen molar-refractivity contribution in [2.24, 2.45) is 5.73 Å². The van der Waals surface area contributed by atoms with Crippen molar-refractivity contribution in [1.82, 2.24) is 0 Å². The third-order valence-electron chi connectivity index (χ3n) is 2.03. The second kappa shape index (κ2) is 4.11. The van der Waals surface area contributed by atoms with Gasteiger partial charge < -0.3 is 15.6 Å². The Kier molecular flexibility index (Phi) is 3.09. The summed E-state index contributed by atoms with van der Waals surface area (Å²) in [6.07, 6.45) is 0. The van der Waals surface area contributed by atoms with Crippen LogP contribution in [0.4, 0.5) is 0 Å². The van der Waals surface area contributed by atoms with E-state index < -0.39 is 0 Å². The quantitative estimate of drug-likeness (QED) is 0.701. The van der Waals surface area contributed by atoms with E-state index in [1.54, 1.807) is 19.1 Å². The van der Waals surface area contributed by atoms with Gasteiger partial charge in [-0.3, -0.25) is 4.79 Å². The topological polar surface area (TPSA) is 72.5 Å². The number of nitrogens with two attached hydrogens (primary N) is 1. The molecule has 0 fully saturated rings. The number of rotatable bonds is 3. The van der Waals surface area contributed by atoms with Crippen LogP contribution >= 0.6 is 0 Å². The zero-order valence-electron chi connectivity index (χ0n) is 8.20. The molecule has 76 valence electrons. The summed E-state index contributed by atoms with van der Waals surface area (Å²) in [5.74, 6) is -0.0357. The highest BCUT2D eigenvalue weighted by molar-refractivity contribution is 6.02. The predicted octanol–water partition coefficient (Wildman–Crippen LogP) is 0.851.